The fourth-order valence-electron chi connectivity index (χ4n) is 4.90. The molecule has 0 spiro atoms. The summed E-state index contributed by atoms with van der Waals surface area (Å²) in [6.07, 6.45) is 11.7. The van der Waals surface area contributed by atoms with Gasteiger partial charge in [-0.1, -0.05) is 0 Å². The van der Waals surface area contributed by atoms with E-state index in [1.165, 1.54) is 61.3 Å². The molecule has 150 valence electrons. The highest BCUT2D eigenvalue weighted by molar-refractivity contribution is 5.51. The van der Waals surface area contributed by atoms with Gasteiger partial charge in [-0.25, -0.2) is 9.97 Å². The van der Waals surface area contributed by atoms with Crippen LogP contribution in [0.15, 0.2) is 12.4 Å². The first-order valence-corrected chi connectivity index (χ1v) is 11.0. The molecule has 6 heteroatoms. The molecule has 0 radical (unpaired) electrons. The first-order chi connectivity index (χ1) is 13.7. The van der Waals surface area contributed by atoms with Gasteiger partial charge in [0.15, 0.2) is 0 Å². The van der Waals surface area contributed by atoms with Gasteiger partial charge in [0, 0.05) is 62.2 Å². The summed E-state index contributed by atoms with van der Waals surface area (Å²) >= 11 is 0. The van der Waals surface area contributed by atoms with E-state index in [2.05, 4.69) is 28.0 Å². The van der Waals surface area contributed by atoms with Crippen LogP contribution in [-0.2, 0) is 20.0 Å². The quantitative estimate of drug-likeness (QED) is 0.798. The molecule has 6 nitrogen and oxygen atoms in total. The van der Waals surface area contributed by atoms with Crippen LogP contribution in [0.5, 0.6) is 0 Å². The lowest BCUT2D eigenvalue weighted by Gasteiger charge is -2.34. The van der Waals surface area contributed by atoms with Crippen molar-refractivity contribution in [3.8, 4) is 0 Å². The zero-order valence-corrected chi connectivity index (χ0v) is 17.3. The number of fused-ring (bicyclic) bond motifs is 1. The molecule has 1 saturated carbocycles. The van der Waals surface area contributed by atoms with E-state index in [4.69, 9.17) is 9.97 Å². The van der Waals surface area contributed by atoms with Crippen molar-refractivity contribution in [2.45, 2.75) is 57.9 Å². The van der Waals surface area contributed by atoms with Crippen LogP contribution in [0.1, 0.15) is 60.7 Å². The normalized spacial score (nSPS) is 23.1. The minimum atomic E-state index is 0.444. The number of rotatable bonds is 5. The van der Waals surface area contributed by atoms with Crippen LogP contribution >= 0.6 is 0 Å². The van der Waals surface area contributed by atoms with Gasteiger partial charge >= 0.3 is 0 Å². The Morgan fingerprint density at radius 2 is 2.00 bits per heavy atom. The minimum absolute atomic E-state index is 0.444. The molecular formula is C22H32N6. The standard InChI is InChI=1S/C22H32N6/c1-16-20-6-4-10-28(14-17-7-8-17)22(20)25-21(24-16)19-5-3-9-27(15-19)13-18-11-23-26(2)12-18/h11-12,17,19H,3-10,13-15H2,1-2H3/t19-/m0/s1. The van der Waals surface area contributed by atoms with Gasteiger partial charge in [-0.2, -0.15) is 5.10 Å². The van der Waals surface area contributed by atoms with Crippen molar-refractivity contribution in [2.75, 3.05) is 31.1 Å². The minimum Gasteiger partial charge on any atom is -0.356 e. The molecule has 3 aliphatic rings. The third-order valence-electron chi connectivity index (χ3n) is 6.57. The van der Waals surface area contributed by atoms with E-state index in [1.54, 1.807) is 0 Å². The van der Waals surface area contributed by atoms with Gasteiger partial charge in [-0.15, -0.1) is 0 Å². The number of aromatic nitrogens is 4. The molecule has 0 amide bonds. The molecule has 0 aromatic carbocycles. The Bertz CT molecular complexity index is 840. The van der Waals surface area contributed by atoms with Gasteiger partial charge in [0.1, 0.15) is 11.6 Å². The number of anilines is 1. The van der Waals surface area contributed by atoms with Crippen molar-refractivity contribution >= 4 is 5.82 Å². The Hall–Kier alpha value is -1.95. The fraction of sp³-hybridized carbons (Fsp3) is 0.682. The Morgan fingerprint density at radius 3 is 2.79 bits per heavy atom. The monoisotopic (exact) mass is 380 g/mol. The van der Waals surface area contributed by atoms with Crippen LogP contribution in [0.3, 0.4) is 0 Å². The predicted octanol–water partition coefficient (Wildman–Crippen LogP) is 3.06. The molecule has 2 fully saturated rings. The summed E-state index contributed by atoms with van der Waals surface area (Å²) in [4.78, 5) is 15.3. The number of aryl methyl sites for hydroxylation is 2. The fourth-order valence-corrected chi connectivity index (χ4v) is 4.90. The van der Waals surface area contributed by atoms with Crippen molar-refractivity contribution < 1.29 is 0 Å². The molecule has 0 unspecified atom stereocenters. The van der Waals surface area contributed by atoms with Gasteiger partial charge < -0.3 is 4.90 Å². The van der Waals surface area contributed by atoms with E-state index in [-0.39, 0.29) is 0 Å². The summed E-state index contributed by atoms with van der Waals surface area (Å²) in [5.41, 5.74) is 3.91. The first-order valence-electron chi connectivity index (χ1n) is 11.0. The molecule has 1 saturated heterocycles. The van der Waals surface area contributed by atoms with Gasteiger partial charge in [0.05, 0.1) is 6.20 Å². The van der Waals surface area contributed by atoms with Crippen LogP contribution in [0.4, 0.5) is 5.82 Å². The van der Waals surface area contributed by atoms with Crippen LogP contribution in [-0.4, -0.2) is 50.8 Å². The van der Waals surface area contributed by atoms with Gasteiger partial charge in [-0.05, 0) is 57.9 Å². The number of nitrogens with zero attached hydrogens (tertiary/aromatic N) is 6. The molecule has 5 rings (SSSR count). The van der Waals surface area contributed by atoms with Crippen LogP contribution < -0.4 is 4.90 Å². The zero-order chi connectivity index (χ0) is 19.1. The smallest absolute Gasteiger partial charge is 0.135 e. The molecule has 4 heterocycles. The lowest BCUT2D eigenvalue weighted by molar-refractivity contribution is 0.196. The third-order valence-corrected chi connectivity index (χ3v) is 6.57. The lowest BCUT2D eigenvalue weighted by Crippen LogP contribution is -2.36. The van der Waals surface area contributed by atoms with Crippen molar-refractivity contribution in [1.82, 2.24) is 24.6 Å². The molecular weight excluding hydrogens is 348 g/mol. The van der Waals surface area contributed by atoms with Crippen molar-refractivity contribution in [3.05, 3.63) is 35.0 Å². The summed E-state index contributed by atoms with van der Waals surface area (Å²) in [5.74, 6) is 3.67. The van der Waals surface area contributed by atoms with Crippen LogP contribution in [0, 0.1) is 12.8 Å². The molecule has 2 aromatic rings. The van der Waals surface area contributed by atoms with Gasteiger partial charge in [0.25, 0.3) is 0 Å². The number of hydrogen-bond donors (Lipinski definition) is 0. The topological polar surface area (TPSA) is 50.1 Å². The van der Waals surface area contributed by atoms with E-state index < -0.39 is 0 Å². The van der Waals surface area contributed by atoms with Crippen LogP contribution in [0.2, 0.25) is 0 Å². The van der Waals surface area contributed by atoms with E-state index in [0.29, 0.717) is 5.92 Å². The molecule has 1 aliphatic carbocycles. The largest absolute Gasteiger partial charge is 0.356 e. The highest BCUT2D eigenvalue weighted by Gasteiger charge is 2.31. The Morgan fingerprint density at radius 1 is 1.11 bits per heavy atom. The number of hydrogen-bond acceptors (Lipinski definition) is 5. The van der Waals surface area contributed by atoms with Crippen LogP contribution in [0.25, 0.3) is 0 Å². The molecule has 28 heavy (non-hydrogen) atoms. The van der Waals surface area contributed by atoms with Crippen molar-refractivity contribution in [3.63, 3.8) is 0 Å². The third kappa shape index (κ3) is 3.79. The van der Waals surface area contributed by atoms with E-state index in [1.807, 2.05) is 17.9 Å². The molecule has 0 bridgehead atoms. The summed E-state index contributed by atoms with van der Waals surface area (Å²) in [7, 11) is 1.99. The molecule has 2 aliphatic heterocycles. The average Bonchev–Trinajstić information content (AvgIpc) is 3.42. The highest BCUT2D eigenvalue weighted by atomic mass is 15.2. The SMILES string of the molecule is Cc1nc([C@H]2CCCN(Cc3cnn(C)c3)C2)nc2c1CCCN2CC1CC1. The maximum absolute atomic E-state index is 5.18. The highest BCUT2D eigenvalue weighted by Crippen LogP contribution is 2.36. The predicted molar refractivity (Wildman–Crippen MR) is 110 cm³/mol. The van der Waals surface area contributed by atoms with Crippen molar-refractivity contribution in [2.24, 2.45) is 13.0 Å². The second kappa shape index (κ2) is 7.47. The maximum atomic E-state index is 5.18. The second-order valence-corrected chi connectivity index (χ2v) is 9.06. The number of likely N-dealkylation sites (tertiary alicyclic amines) is 1. The zero-order valence-electron chi connectivity index (χ0n) is 17.3. The first kappa shape index (κ1) is 18.1. The Kier molecular flexibility index (Phi) is 4.83. The van der Waals surface area contributed by atoms with Gasteiger partial charge in [0.2, 0.25) is 0 Å². The van der Waals surface area contributed by atoms with E-state index in [0.717, 1.165) is 44.3 Å². The summed E-state index contributed by atoms with van der Waals surface area (Å²) < 4.78 is 1.89. The van der Waals surface area contributed by atoms with Gasteiger partial charge in [-0.3, -0.25) is 9.58 Å². The van der Waals surface area contributed by atoms with Crippen molar-refractivity contribution in [1.29, 1.82) is 0 Å². The molecule has 0 N–H and O–H groups in total. The number of piperidine rings is 1. The summed E-state index contributed by atoms with van der Waals surface area (Å²) in [6.45, 7) is 7.74. The Balaban J connectivity index is 1.35. The van der Waals surface area contributed by atoms with E-state index >= 15 is 0 Å². The summed E-state index contributed by atoms with van der Waals surface area (Å²) in [6, 6.07) is 0. The maximum Gasteiger partial charge on any atom is 0.135 e. The molecule has 1 atom stereocenters. The second-order valence-electron chi connectivity index (χ2n) is 9.06. The summed E-state index contributed by atoms with van der Waals surface area (Å²) in [5, 5.41) is 4.32. The van der Waals surface area contributed by atoms with E-state index in [9.17, 15) is 0 Å². The molecule has 2 aromatic heterocycles. The Labute approximate surface area is 168 Å². The lowest BCUT2D eigenvalue weighted by atomic mass is 9.95. The average molecular weight is 381 g/mol.